The van der Waals surface area contributed by atoms with E-state index < -0.39 is 0 Å². The summed E-state index contributed by atoms with van der Waals surface area (Å²) in [6.45, 7) is 4.12. The van der Waals surface area contributed by atoms with E-state index in [0.717, 1.165) is 17.1 Å². The second-order valence-corrected chi connectivity index (χ2v) is 3.26. The van der Waals surface area contributed by atoms with Gasteiger partial charge in [-0.15, -0.1) is 0 Å². The van der Waals surface area contributed by atoms with Gasteiger partial charge in [-0.2, -0.15) is 0 Å². The maximum atomic E-state index is 5.07. The molecule has 0 aliphatic carbocycles. The fourth-order valence-electron chi connectivity index (χ4n) is 0.972. The minimum absolute atomic E-state index is 0.889. The van der Waals surface area contributed by atoms with Crippen LogP contribution in [-0.4, -0.2) is 4.99 Å². The zero-order valence-corrected chi connectivity index (χ0v) is 8.24. The van der Waals surface area contributed by atoms with E-state index in [2.05, 4.69) is 24.4 Å². The van der Waals surface area contributed by atoms with Crippen molar-refractivity contribution >= 4 is 22.9 Å². The van der Waals surface area contributed by atoms with Crippen molar-refractivity contribution in [2.45, 2.75) is 20.3 Å². The third-order valence-corrected chi connectivity index (χ3v) is 2.01. The summed E-state index contributed by atoms with van der Waals surface area (Å²) in [5.74, 6) is 0. The predicted molar refractivity (Wildman–Crippen MR) is 57.7 cm³/mol. The first-order valence-electron chi connectivity index (χ1n) is 4.09. The minimum Gasteiger partial charge on any atom is -0.350 e. The molecule has 0 saturated heterocycles. The van der Waals surface area contributed by atoms with Gasteiger partial charge >= 0.3 is 0 Å². The van der Waals surface area contributed by atoms with E-state index in [1.165, 1.54) is 5.56 Å². The van der Waals surface area contributed by atoms with Crippen LogP contribution in [0.15, 0.2) is 24.3 Å². The van der Waals surface area contributed by atoms with Crippen LogP contribution in [0, 0.1) is 6.92 Å². The molecule has 12 heavy (non-hydrogen) atoms. The summed E-state index contributed by atoms with van der Waals surface area (Å²) in [5, 5.41) is 3.16. The first-order valence-corrected chi connectivity index (χ1v) is 4.49. The van der Waals surface area contributed by atoms with Crippen LogP contribution < -0.4 is 5.32 Å². The van der Waals surface area contributed by atoms with Crippen molar-refractivity contribution in [2.75, 3.05) is 5.32 Å². The van der Waals surface area contributed by atoms with Crippen LogP contribution in [-0.2, 0) is 0 Å². The molecule has 1 aromatic carbocycles. The van der Waals surface area contributed by atoms with Crippen LogP contribution in [0.3, 0.4) is 0 Å². The van der Waals surface area contributed by atoms with E-state index in [1.54, 1.807) is 0 Å². The van der Waals surface area contributed by atoms with Crippen molar-refractivity contribution in [1.29, 1.82) is 0 Å². The molecule has 0 spiro atoms. The summed E-state index contributed by atoms with van der Waals surface area (Å²) in [4.78, 5) is 0.889. The Morgan fingerprint density at radius 1 is 1.50 bits per heavy atom. The lowest BCUT2D eigenvalue weighted by Crippen LogP contribution is -2.06. The molecule has 1 N–H and O–H groups in total. The summed E-state index contributed by atoms with van der Waals surface area (Å²) < 4.78 is 0. The molecule has 2 heteroatoms. The summed E-state index contributed by atoms with van der Waals surface area (Å²) in [7, 11) is 0. The third kappa shape index (κ3) is 2.62. The monoisotopic (exact) mass is 179 g/mol. The fourth-order valence-corrected chi connectivity index (χ4v) is 1.09. The van der Waals surface area contributed by atoms with Crippen molar-refractivity contribution < 1.29 is 0 Å². The molecule has 0 amide bonds. The molecule has 1 nitrogen and oxygen atoms in total. The van der Waals surface area contributed by atoms with E-state index in [1.807, 2.05) is 19.1 Å². The van der Waals surface area contributed by atoms with Gasteiger partial charge in [0.25, 0.3) is 0 Å². The highest BCUT2D eigenvalue weighted by atomic mass is 32.1. The number of thiocarbonyl (C=S) groups is 1. The highest BCUT2D eigenvalue weighted by molar-refractivity contribution is 7.80. The minimum atomic E-state index is 0.889. The van der Waals surface area contributed by atoms with Crippen LogP contribution in [0.25, 0.3) is 0 Å². The zero-order chi connectivity index (χ0) is 8.97. The van der Waals surface area contributed by atoms with Gasteiger partial charge in [0.15, 0.2) is 0 Å². The lowest BCUT2D eigenvalue weighted by atomic mass is 10.2. The van der Waals surface area contributed by atoms with Gasteiger partial charge in [0.05, 0.1) is 4.99 Å². The maximum absolute atomic E-state index is 5.07. The molecule has 0 fully saturated rings. The van der Waals surface area contributed by atoms with Gasteiger partial charge in [0, 0.05) is 5.69 Å². The quantitative estimate of drug-likeness (QED) is 0.700. The van der Waals surface area contributed by atoms with E-state index in [4.69, 9.17) is 12.2 Å². The molecule has 1 rings (SSSR count). The molecular weight excluding hydrogens is 166 g/mol. The molecule has 0 aliphatic heterocycles. The van der Waals surface area contributed by atoms with Crippen molar-refractivity contribution in [3.63, 3.8) is 0 Å². The molecule has 0 saturated carbocycles. The largest absolute Gasteiger partial charge is 0.350 e. The summed E-state index contributed by atoms with van der Waals surface area (Å²) >= 11 is 5.07. The Kier molecular flexibility index (Phi) is 3.23. The summed E-state index contributed by atoms with van der Waals surface area (Å²) in [6.07, 6.45) is 0.892. The lowest BCUT2D eigenvalue weighted by molar-refractivity contribution is 1.30. The molecule has 0 atom stereocenters. The number of rotatable bonds is 2. The summed E-state index contributed by atoms with van der Waals surface area (Å²) in [6, 6.07) is 8.20. The van der Waals surface area contributed by atoms with Crippen LogP contribution in [0.5, 0.6) is 0 Å². The van der Waals surface area contributed by atoms with E-state index in [9.17, 15) is 0 Å². The van der Waals surface area contributed by atoms with Gasteiger partial charge < -0.3 is 5.32 Å². The van der Waals surface area contributed by atoms with Crippen molar-refractivity contribution in [2.24, 2.45) is 0 Å². The van der Waals surface area contributed by atoms with Crippen LogP contribution in [0.1, 0.15) is 18.9 Å². The molecule has 0 bridgehead atoms. The highest BCUT2D eigenvalue weighted by Gasteiger charge is 1.93. The first kappa shape index (κ1) is 9.20. The Labute approximate surface area is 78.8 Å². The first-order chi connectivity index (χ1) is 5.72. The maximum Gasteiger partial charge on any atom is 0.0794 e. The van der Waals surface area contributed by atoms with Crippen molar-refractivity contribution in [3.05, 3.63) is 29.8 Å². The molecule has 0 aromatic heterocycles. The molecule has 64 valence electrons. The van der Waals surface area contributed by atoms with Gasteiger partial charge in [0.1, 0.15) is 0 Å². The lowest BCUT2D eigenvalue weighted by Gasteiger charge is -2.05. The SMILES string of the molecule is CCC(=S)Nc1cccc(C)c1. The van der Waals surface area contributed by atoms with Gasteiger partial charge in [-0.3, -0.25) is 0 Å². The second-order valence-electron chi connectivity index (χ2n) is 2.77. The number of benzene rings is 1. The predicted octanol–water partition coefficient (Wildman–Crippen LogP) is 3.14. The Balaban J connectivity index is 2.69. The average molecular weight is 179 g/mol. The molecule has 0 aliphatic rings. The highest BCUT2D eigenvalue weighted by Crippen LogP contribution is 2.09. The van der Waals surface area contributed by atoms with Gasteiger partial charge in [-0.05, 0) is 31.0 Å². The normalized spacial score (nSPS) is 9.50. The Morgan fingerprint density at radius 2 is 2.25 bits per heavy atom. The molecule has 1 aromatic rings. The number of anilines is 1. The van der Waals surface area contributed by atoms with E-state index in [-0.39, 0.29) is 0 Å². The number of aryl methyl sites for hydroxylation is 1. The van der Waals surface area contributed by atoms with Crippen LogP contribution >= 0.6 is 12.2 Å². The number of nitrogens with one attached hydrogen (secondary N) is 1. The molecule has 0 heterocycles. The second kappa shape index (κ2) is 4.21. The third-order valence-electron chi connectivity index (χ3n) is 1.62. The number of hydrogen-bond donors (Lipinski definition) is 1. The standard InChI is InChI=1S/C10H13NS/c1-3-10(12)11-9-6-4-5-8(2)7-9/h4-7H,3H2,1-2H3,(H,11,12). The van der Waals surface area contributed by atoms with Crippen LogP contribution in [0.4, 0.5) is 5.69 Å². The van der Waals surface area contributed by atoms with Crippen molar-refractivity contribution in [3.8, 4) is 0 Å². The van der Waals surface area contributed by atoms with Gasteiger partial charge in [0.2, 0.25) is 0 Å². The molecular formula is C10H13NS. The Bertz CT molecular complexity index is 281. The van der Waals surface area contributed by atoms with Gasteiger partial charge in [-0.25, -0.2) is 0 Å². The molecule has 0 unspecified atom stereocenters. The smallest absolute Gasteiger partial charge is 0.0794 e. The van der Waals surface area contributed by atoms with Crippen LogP contribution in [0.2, 0.25) is 0 Å². The molecule has 0 radical (unpaired) electrons. The van der Waals surface area contributed by atoms with E-state index in [0.29, 0.717) is 0 Å². The van der Waals surface area contributed by atoms with Gasteiger partial charge in [-0.1, -0.05) is 31.3 Å². The zero-order valence-electron chi connectivity index (χ0n) is 7.42. The number of hydrogen-bond acceptors (Lipinski definition) is 1. The Hall–Kier alpha value is -0.890. The van der Waals surface area contributed by atoms with E-state index >= 15 is 0 Å². The average Bonchev–Trinajstić information content (AvgIpc) is 2.04. The topological polar surface area (TPSA) is 12.0 Å². The fraction of sp³-hybridized carbons (Fsp3) is 0.300. The Morgan fingerprint density at radius 3 is 2.83 bits per heavy atom. The van der Waals surface area contributed by atoms with Crippen molar-refractivity contribution in [1.82, 2.24) is 0 Å². The summed E-state index contributed by atoms with van der Waals surface area (Å²) in [5.41, 5.74) is 2.33.